The third-order valence-corrected chi connectivity index (χ3v) is 28.6. The standard InChI is InChI=1S/C75H66Si2/c1-4-45-76(46-5-2)72(56-28-15-9-16-29-56)70(54-24-11-7-12-25-54)67-40-22-38-65(74(67)76)63-36-20-34-60(50-63)61-43-42-53-44-48-77(47-6-3)73(57-30-17-10-18-31-57)71(55-26-13-8-14-27-55)68-41-23-39-66(75(68)77)62-35-19-32-58(49-62)59-33-21-37-64(51-59)69(53)52-61/h7-43,49-52H,4-6,44-48H2,1-3H3. The number of rotatable bonds is 12. The minimum atomic E-state index is -2.53. The maximum Gasteiger partial charge on any atom is 0.121 e. The van der Waals surface area contributed by atoms with Gasteiger partial charge < -0.3 is 0 Å². The van der Waals surface area contributed by atoms with E-state index in [1.807, 2.05) is 0 Å². The minimum Gasteiger partial charge on any atom is -0.0656 e. The lowest BCUT2D eigenvalue weighted by Crippen LogP contribution is -2.48. The molecule has 0 N–H and O–H groups in total. The van der Waals surface area contributed by atoms with Crippen LogP contribution in [0.3, 0.4) is 0 Å². The number of fused-ring (bicyclic) bond motifs is 9. The van der Waals surface area contributed by atoms with Gasteiger partial charge in [0.1, 0.15) is 16.1 Å². The number of hydrogen-bond acceptors (Lipinski definition) is 0. The van der Waals surface area contributed by atoms with Gasteiger partial charge in [-0.15, -0.1) is 0 Å². The third kappa shape index (κ3) is 8.32. The lowest BCUT2D eigenvalue weighted by Gasteiger charge is -2.34. The Kier molecular flexibility index (Phi) is 13.0. The Labute approximate surface area is 459 Å². The van der Waals surface area contributed by atoms with Crippen molar-refractivity contribution in [1.29, 1.82) is 0 Å². The molecule has 0 nitrogen and oxygen atoms in total. The molecular formula is C75H66Si2. The molecule has 13 rings (SSSR count). The summed E-state index contributed by atoms with van der Waals surface area (Å²) >= 11 is 0. The van der Waals surface area contributed by atoms with E-state index in [0.717, 1.165) is 31.7 Å². The second-order valence-electron chi connectivity index (χ2n) is 21.9. The van der Waals surface area contributed by atoms with Crippen LogP contribution in [0.25, 0.3) is 77.2 Å². The van der Waals surface area contributed by atoms with Crippen molar-refractivity contribution in [2.45, 2.75) is 70.6 Å². The first kappa shape index (κ1) is 48.7. The summed E-state index contributed by atoms with van der Waals surface area (Å²) in [6, 6.07) is 101. The van der Waals surface area contributed by atoms with Crippen LogP contribution in [0.5, 0.6) is 0 Å². The summed E-state index contributed by atoms with van der Waals surface area (Å²) in [6.07, 6.45) is 4.44. The van der Waals surface area contributed by atoms with E-state index in [1.54, 1.807) is 20.8 Å². The van der Waals surface area contributed by atoms with Crippen molar-refractivity contribution in [3.05, 3.63) is 288 Å². The maximum absolute atomic E-state index is 2.54. The minimum absolute atomic E-state index is 0.994. The Morgan fingerprint density at radius 3 is 1.17 bits per heavy atom. The van der Waals surface area contributed by atoms with Gasteiger partial charge in [-0.2, -0.15) is 0 Å². The van der Waals surface area contributed by atoms with Gasteiger partial charge in [0.05, 0.1) is 0 Å². The molecule has 0 aliphatic carbocycles. The summed E-state index contributed by atoms with van der Waals surface area (Å²) in [5.41, 5.74) is 25.7. The van der Waals surface area contributed by atoms with Crippen LogP contribution in [0.1, 0.15) is 79.0 Å². The fourth-order valence-corrected chi connectivity index (χ4v) is 26.8. The molecule has 1 unspecified atom stereocenters. The maximum atomic E-state index is 2.54. The molecule has 0 aromatic heterocycles. The molecule has 374 valence electrons. The molecule has 3 aliphatic rings. The zero-order valence-corrected chi connectivity index (χ0v) is 46.8. The molecule has 0 radical (unpaired) electrons. The highest BCUT2D eigenvalue weighted by Crippen LogP contribution is 2.52. The quantitative estimate of drug-likeness (QED) is 0.107. The van der Waals surface area contributed by atoms with Gasteiger partial charge in [-0.05, 0) is 181 Å². The molecule has 0 saturated carbocycles. The first-order chi connectivity index (χ1) is 38.0. The van der Waals surface area contributed by atoms with E-state index in [4.69, 9.17) is 0 Å². The Balaban J connectivity index is 0.988. The van der Waals surface area contributed by atoms with Gasteiger partial charge in [-0.3, -0.25) is 0 Å². The third-order valence-electron chi connectivity index (χ3n) is 17.5. The van der Waals surface area contributed by atoms with Crippen LogP contribution in [-0.4, -0.2) is 16.1 Å². The second-order valence-corrected chi connectivity index (χ2v) is 30.3. The Bertz CT molecular complexity index is 3880. The Morgan fingerprint density at radius 1 is 0.286 bits per heavy atom. The smallest absolute Gasteiger partial charge is 0.0656 e. The van der Waals surface area contributed by atoms with Crippen LogP contribution in [0.2, 0.25) is 24.2 Å². The first-order valence-electron chi connectivity index (χ1n) is 28.5. The molecule has 1 atom stereocenters. The van der Waals surface area contributed by atoms with Crippen molar-refractivity contribution in [1.82, 2.24) is 0 Å². The lowest BCUT2D eigenvalue weighted by atomic mass is 9.90. The average molecular weight is 1020 g/mol. The largest absolute Gasteiger partial charge is 0.121 e. The highest BCUT2D eigenvalue weighted by Gasteiger charge is 2.50. The van der Waals surface area contributed by atoms with E-state index in [1.165, 1.54) is 124 Å². The van der Waals surface area contributed by atoms with Crippen LogP contribution in [0, 0.1) is 0 Å². The van der Waals surface area contributed by atoms with E-state index in [0.29, 0.717) is 0 Å². The average Bonchev–Trinajstić information content (AvgIpc) is 4.18. The molecule has 3 aliphatic heterocycles. The molecule has 3 heterocycles. The molecule has 2 heteroatoms. The molecule has 0 spiro atoms. The van der Waals surface area contributed by atoms with Gasteiger partial charge in [0.15, 0.2) is 0 Å². The van der Waals surface area contributed by atoms with Gasteiger partial charge in [0, 0.05) is 0 Å². The van der Waals surface area contributed by atoms with Gasteiger partial charge in [-0.1, -0.05) is 264 Å². The molecule has 10 aromatic rings. The van der Waals surface area contributed by atoms with Gasteiger partial charge in [0.25, 0.3) is 0 Å². The fourth-order valence-electron chi connectivity index (χ4n) is 14.6. The molecule has 0 fully saturated rings. The van der Waals surface area contributed by atoms with E-state index in [-0.39, 0.29) is 0 Å². The highest BCUT2D eigenvalue weighted by molar-refractivity contribution is 7.11. The van der Waals surface area contributed by atoms with Crippen molar-refractivity contribution in [2.24, 2.45) is 0 Å². The SMILES string of the molecule is CCC[Si]1(CCC)C(c2ccccc2)=C(c2ccccc2)c2cccc(-c3cccc(-c4ccc5c(c4)-c4cccc(c4)-c4cccc(c4)-c4cccc6c4[Si](CCC)(CC5)C(c4ccccc4)=C6c4ccccc4)c3)c21. The zero-order valence-electron chi connectivity index (χ0n) is 44.8. The summed E-state index contributed by atoms with van der Waals surface area (Å²) in [7, 11) is -4.84. The molecular weight excluding hydrogens is 957 g/mol. The summed E-state index contributed by atoms with van der Waals surface area (Å²) in [4.78, 5) is 0. The van der Waals surface area contributed by atoms with E-state index < -0.39 is 16.1 Å². The van der Waals surface area contributed by atoms with Crippen LogP contribution in [0.4, 0.5) is 0 Å². The van der Waals surface area contributed by atoms with Crippen molar-refractivity contribution in [3.63, 3.8) is 0 Å². The lowest BCUT2D eigenvalue weighted by molar-refractivity contribution is 1.000. The van der Waals surface area contributed by atoms with Crippen molar-refractivity contribution in [2.75, 3.05) is 0 Å². The zero-order chi connectivity index (χ0) is 51.9. The normalized spacial score (nSPS) is 16.0. The molecule has 10 aromatic carbocycles. The van der Waals surface area contributed by atoms with Gasteiger partial charge >= 0.3 is 0 Å². The molecule has 77 heavy (non-hydrogen) atoms. The van der Waals surface area contributed by atoms with Crippen molar-refractivity contribution in [3.8, 4) is 55.6 Å². The van der Waals surface area contributed by atoms with Gasteiger partial charge in [-0.25, -0.2) is 0 Å². The molecule has 0 saturated heterocycles. The summed E-state index contributed by atoms with van der Waals surface area (Å²) in [5.74, 6) is 0. The van der Waals surface area contributed by atoms with Crippen LogP contribution in [0.15, 0.2) is 249 Å². The number of benzene rings is 10. The predicted molar refractivity (Wildman–Crippen MR) is 336 cm³/mol. The first-order valence-corrected chi connectivity index (χ1v) is 33.3. The Hall–Kier alpha value is -7.89. The summed E-state index contributed by atoms with van der Waals surface area (Å²) < 4.78 is 0. The van der Waals surface area contributed by atoms with Crippen molar-refractivity contribution >= 4 is 48.1 Å². The monoisotopic (exact) mass is 1020 g/mol. The topological polar surface area (TPSA) is 0 Å². The predicted octanol–water partition coefficient (Wildman–Crippen LogP) is 19.1. The summed E-state index contributed by atoms with van der Waals surface area (Å²) in [5, 5.41) is 6.49. The van der Waals surface area contributed by atoms with Crippen LogP contribution >= 0.6 is 0 Å². The summed E-state index contributed by atoms with van der Waals surface area (Å²) in [6.45, 7) is 7.25. The van der Waals surface area contributed by atoms with Crippen molar-refractivity contribution < 1.29 is 0 Å². The van der Waals surface area contributed by atoms with E-state index in [2.05, 4.69) is 269 Å². The van der Waals surface area contributed by atoms with E-state index in [9.17, 15) is 0 Å². The molecule has 4 bridgehead atoms. The van der Waals surface area contributed by atoms with Gasteiger partial charge in [0.2, 0.25) is 0 Å². The molecule has 0 amide bonds. The fraction of sp³-hybridized carbons (Fsp3) is 0.147. The van der Waals surface area contributed by atoms with Crippen LogP contribution < -0.4 is 10.4 Å². The highest BCUT2D eigenvalue weighted by atomic mass is 28.3. The van der Waals surface area contributed by atoms with E-state index >= 15 is 0 Å². The number of aryl methyl sites for hydroxylation is 1. The Morgan fingerprint density at radius 2 is 0.662 bits per heavy atom. The number of hydrogen-bond donors (Lipinski definition) is 0. The second kappa shape index (κ2) is 20.6. The van der Waals surface area contributed by atoms with Crippen LogP contribution in [-0.2, 0) is 6.42 Å².